The highest BCUT2D eigenvalue weighted by Gasteiger charge is 2.20. The third-order valence-corrected chi connectivity index (χ3v) is 5.87. The van der Waals surface area contributed by atoms with E-state index in [0.29, 0.717) is 23.0 Å². The van der Waals surface area contributed by atoms with Gasteiger partial charge in [0, 0.05) is 34.2 Å². The Morgan fingerprint density at radius 1 is 1.00 bits per heavy atom. The number of nitrogens with zero attached hydrogens (tertiary/aromatic N) is 2. The fourth-order valence-electron chi connectivity index (χ4n) is 2.47. The molecule has 6 nitrogen and oxygen atoms in total. The van der Waals surface area contributed by atoms with Crippen molar-refractivity contribution in [2.75, 3.05) is 27.7 Å². The molecule has 27 heavy (non-hydrogen) atoms. The van der Waals surface area contributed by atoms with Crippen molar-refractivity contribution in [1.82, 2.24) is 14.9 Å². The van der Waals surface area contributed by atoms with Crippen molar-refractivity contribution >= 4 is 40.0 Å². The lowest BCUT2D eigenvalue weighted by atomic mass is 10.1. The van der Waals surface area contributed by atoms with Gasteiger partial charge in [-0.2, -0.15) is 0 Å². The van der Waals surface area contributed by atoms with E-state index in [1.807, 2.05) is 24.3 Å². The minimum absolute atomic E-state index is 0. The number of sulfonamides is 1. The van der Waals surface area contributed by atoms with Crippen LogP contribution in [0, 0.1) is 0 Å². The van der Waals surface area contributed by atoms with Crippen LogP contribution in [-0.4, -0.2) is 46.4 Å². The minimum atomic E-state index is -3.48. The lowest BCUT2D eigenvalue weighted by Crippen LogP contribution is -2.38. The molecule has 2 N–H and O–H groups in total. The van der Waals surface area contributed by atoms with Crippen LogP contribution in [0.4, 0.5) is 0 Å². The van der Waals surface area contributed by atoms with E-state index in [-0.39, 0.29) is 24.0 Å². The largest absolute Gasteiger partial charge is 0.356 e. The number of nitrogens with one attached hydrogen (secondary N) is 2. The zero-order valence-corrected chi connectivity index (χ0v) is 19.0. The quantitative estimate of drug-likeness (QED) is 0.347. The van der Waals surface area contributed by atoms with Crippen LogP contribution < -0.4 is 10.6 Å². The average Bonchev–Trinajstić information content (AvgIpc) is 2.65. The lowest BCUT2D eigenvalue weighted by Gasteiger charge is -2.17. The highest BCUT2D eigenvalue weighted by Crippen LogP contribution is 2.18. The maximum atomic E-state index is 12.4. The van der Waals surface area contributed by atoms with E-state index in [1.165, 1.54) is 24.0 Å². The first-order valence-corrected chi connectivity index (χ1v) is 9.88. The Balaban J connectivity index is 0.00000364. The van der Waals surface area contributed by atoms with Crippen molar-refractivity contribution in [3.8, 4) is 0 Å². The maximum Gasteiger partial charge on any atom is 0.242 e. The van der Waals surface area contributed by atoms with Gasteiger partial charge >= 0.3 is 0 Å². The fraction of sp³-hybridized carbons (Fsp3) is 0.316. The molecule has 0 fully saturated rings. The summed E-state index contributed by atoms with van der Waals surface area (Å²) in [6, 6.07) is 17.2. The lowest BCUT2D eigenvalue weighted by molar-refractivity contribution is 0.519. The molecule has 2 rings (SSSR count). The smallest absolute Gasteiger partial charge is 0.242 e. The van der Waals surface area contributed by atoms with Crippen molar-refractivity contribution in [3.05, 3.63) is 65.7 Å². The number of hydrogen-bond acceptors (Lipinski definition) is 3. The normalized spacial score (nSPS) is 11.8. The van der Waals surface area contributed by atoms with Gasteiger partial charge in [-0.3, -0.25) is 4.99 Å². The highest BCUT2D eigenvalue weighted by molar-refractivity contribution is 14.0. The molecule has 2 aromatic carbocycles. The second-order valence-corrected chi connectivity index (χ2v) is 8.10. The Morgan fingerprint density at radius 2 is 1.63 bits per heavy atom. The molecule has 0 bridgehead atoms. The minimum Gasteiger partial charge on any atom is -0.356 e. The molecule has 2 aromatic rings. The summed E-state index contributed by atoms with van der Waals surface area (Å²) in [6.45, 7) is 1.11. The van der Waals surface area contributed by atoms with Crippen molar-refractivity contribution < 1.29 is 8.42 Å². The molecule has 0 amide bonds. The van der Waals surface area contributed by atoms with E-state index in [1.54, 1.807) is 25.2 Å². The van der Waals surface area contributed by atoms with Gasteiger partial charge in [0.05, 0.1) is 4.90 Å². The third-order valence-electron chi connectivity index (χ3n) is 3.95. The maximum absolute atomic E-state index is 12.4. The van der Waals surface area contributed by atoms with Crippen molar-refractivity contribution in [1.29, 1.82) is 0 Å². The second kappa shape index (κ2) is 11.3. The van der Waals surface area contributed by atoms with Crippen molar-refractivity contribution in [3.63, 3.8) is 0 Å². The van der Waals surface area contributed by atoms with Crippen LogP contribution in [0.3, 0.4) is 0 Å². The molecule has 0 unspecified atom stereocenters. The third kappa shape index (κ3) is 6.78. The Labute approximate surface area is 179 Å². The van der Waals surface area contributed by atoms with E-state index in [4.69, 9.17) is 0 Å². The van der Waals surface area contributed by atoms with Gasteiger partial charge in [-0.15, -0.1) is 24.0 Å². The molecule has 148 valence electrons. The van der Waals surface area contributed by atoms with Crippen LogP contribution in [0.1, 0.15) is 11.1 Å². The molecule has 0 atom stereocenters. The molecule has 0 saturated carbocycles. The molecule has 8 heteroatoms. The SMILES string of the molecule is CN=C(NCCc1ccccc1)NCc1ccccc1S(=O)(=O)N(C)C.I. The van der Waals surface area contributed by atoms with Gasteiger partial charge in [0.1, 0.15) is 0 Å². The molecule has 0 aromatic heterocycles. The summed E-state index contributed by atoms with van der Waals surface area (Å²) in [5.41, 5.74) is 1.95. The first kappa shape index (κ1) is 23.4. The van der Waals surface area contributed by atoms with E-state index >= 15 is 0 Å². The number of rotatable bonds is 7. The number of halogens is 1. The summed E-state index contributed by atoms with van der Waals surface area (Å²) < 4.78 is 26.1. The molecule has 0 aliphatic rings. The molecular weight excluding hydrogens is 475 g/mol. The Hall–Kier alpha value is -1.65. The predicted molar refractivity (Wildman–Crippen MR) is 121 cm³/mol. The van der Waals surface area contributed by atoms with Crippen LogP contribution in [0.15, 0.2) is 64.5 Å². The average molecular weight is 502 g/mol. The van der Waals surface area contributed by atoms with Crippen LogP contribution >= 0.6 is 24.0 Å². The van der Waals surface area contributed by atoms with Gasteiger partial charge < -0.3 is 10.6 Å². The molecular formula is C19H27IN4O2S. The molecule has 0 saturated heterocycles. The molecule has 0 heterocycles. The number of benzene rings is 2. The van der Waals surface area contributed by atoms with Gasteiger partial charge in [0.2, 0.25) is 10.0 Å². The van der Waals surface area contributed by atoms with Gasteiger partial charge in [0.25, 0.3) is 0 Å². The fourth-order valence-corrected chi connectivity index (χ4v) is 3.58. The monoisotopic (exact) mass is 502 g/mol. The Kier molecular flexibility index (Phi) is 9.75. The highest BCUT2D eigenvalue weighted by atomic mass is 127. The number of aliphatic imine (C=N–C) groups is 1. The van der Waals surface area contributed by atoms with Gasteiger partial charge in [-0.25, -0.2) is 12.7 Å². The van der Waals surface area contributed by atoms with Crippen LogP contribution in [0.25, 0.3) is 0 Å². The Bertz CT molecular complexity index is 840. The summed E-state index contributed by atoms with van der Waals surface area (Å²) in [5, 5.41) is 6.43. The number of guanidine groups is 1. The van der Waals surface area contributed by atoms with Gasteiger partial charge in [-0.05, 0) is 23.6 Å². The zero-order chi connectivity index (χ0) is 19.0. The van der Waals surface area contributed by atoms with Crippen molar-refractivity contribution in [2.24, 2.45) is 4.99 Å². The summed E-state index contributed by atoms with van der Waals surface area (Å²) in [7, 11) is 1.28. The van der Waals surface area contributed by atoms with E-state index < -0.39 is 10.0 Å². The van der Waals surface area contributed by atoms with E-state index in [9.17, 15) is 8.42 Å². The zero-order valence-electron chi connectivity index (χ0n) is 15.8. The Morgan fingerprint density at radius 3 is 2.26 bits per heavy atom. The summed E-state index contributed by atoms with van der Waals surface area (Å²) in [6.07, 6.45) is 0.882. The van der Waals surface area contributed by atoms with Crippen LogP contribution in [0.2, 0.25) is 0 Å². The van der Waals surface area contributed by atoms with Crippen LogP contribution in [0.5, 0.6) is 0 Å². The van der Waals surface area contributed by atoms with Crippen molar-refractivity contribution in [2.45, 2.75) is 17.9 Å². The summed E-state index contributed by atoms with van der Waals surface area (Å²) in [4.78, 5) is 4.50. The number of hydrogen-bond donors (Lipinski definition) is 2. The molecule has 0 radical (unpaired) electrons. The molecule has 0 aliphatic carbocycles. The first-order valence-electron chi connectivity index (χ1n) is 8.44. The standard InChI is InChI=1S/C19H26N4O2S.HI/c1-20-19(21-14-13-16-9-5-4-6-10-16)22-15-17-11-7-8-12-18(17)26(24,25)23(2)3;/h4-12H,13-15H2,1-3H3,(H2,20,21,22);1H. The predicted octanol–water partition coefficient (Wildman–Crippen LogP) is 2.46. The van der Waals surface area contributed by atoms with Crippen LogP contribution in [-0.2, 0) is 23.0 Å². The second-order valence-electron chi connectivity index (χ2n) is 5.98. The summed E-state index contributed by atoms with van der Waals surface area (Å²) >= 11 is 0. The molecule has 0 spiro atoms. The van der Waals surface area contributed by atoms with Gasteiger partial charge in [-0.1, -0.05) is 48.5 Å². The van der Waals surface area contributed by atoms with Gasteiger partial charge in [0.15, 0.2) is 5.96 Å². The van der Waals surface area contributed by atoms with E-state index in [2.05, 4.69) is 27.8 Å². The molecule has 0 aliphatic heterocycles. The van der Waals surface area contributed by atoms with E-state index in [0.717, 1.165) is 13.0 Å². The topological polar surface area (TPSA) is 73.8 Å². The summed E-state index contributed by atoms with van der Waals surface area (Å²) in [5.74, 6) is 0.637. The first-order chi connectivity index (χ1) is 12.4.